The summed E-state index contributed by atoms with van der Waals surface area (Å²) in [5.41, 5.74) is 4.48. The molecule has 0 saturated heterocycles. The Labute approximate surface area is 383 Å². The average Bonchev–Trinajstić information content (AvgIpc) is 3.20. The monoisotopic (exact) mass is 909 g/mol. The van der Waals surface area contributed by atoms with E-state index in [1.807, 2.05) is 40.7 Å². The van der Waals surface area contributed by atoms with E-state index in [4.69, 9.17) is 10.5 Å². The Hall–Kier alpha value is -4.74. The predicted molar refractivity (Wildman–Crippen MR) is 247 cm³/mol. The zero-order chi connectivity index (χ0) is 50.1. The third-order valence-electron chi connectivity index (χ3n) is 11.5. The molecule has 4 N–H and O–H groups in total. The van der Waals surface area contributed by atoms with Crippen LogP contribution in [0.1, 0.15) is 115 Å². The number of allylic oxidation sites excluding steroid dienone is 2. The molecule has 0 aliphatic carbocycles. The molecular weight excluding hydrogens is 825 g/mol. The van der Waals surface area contributed by atoms with Crippen LogP contribution in [0.4, 0.5) is 4.79 Å². The number of nitrogens with two attached hydrogens (primary N) is 1. The highest BCUT2D eigenvalue weighted by Crippen LogP contribution is 2.24. The van der Waals surface area contributed by atoms with Crippen LogP contribution in [0, 0.1) is 23.7 Å². The minimum absolute atomic E-state index is 0.0402. The smallest absolute Gasteiger partial charge is 0.409 e. The molecular formula is C46H84N8O10. The van der Waals surface area contributed by atoms with E-state index in [9.17, 15) is 43.5 Å². The first-order valence-corrected chi connectivity index (χ1v) is 22.5. The number of aliphatic hydroxyl groups excluding tert-OH is 1. The number of primary amides is 1. The maximum atomic E-state index is 14.7. The number of carbonyl (C=O) groups is 8. The molecule has 0 radical (unpaired) electrons. The predicted octanol–water partition coefficient (Wildman–Crippen LogP) is 3.10. The van der Waals surface area contributed by atoms with Gasteiger partial charge in [0.05, 0.1) is 12.6 Å². The molecule has 0 aromatic carbocycles. The fourth-order valence-electron chi connectivity index (χ4n) is 7.30. The number of nitrogens with one attached hydrogen (secondary N) is 1. The van der Waals surface area contributed by atoms with Crippen LogP contribution in [0.3, 0.4) is 0 Å². The molecule has 368 valence electrons. The van der Waals surface area contributed by atoms with E-state index < -0.39 is 102 Å². The average molecular weight is 909 g/mol. The van der Waals surface area contributed by atoms with Gasteiger partial charge in [-0.25, -0.2) is 4.79 Å². The van der Waals surface area contributed by atoms with E-state index in [-0.39, 0.29) is 37.0 Å². The minimum atomic E-state index is -1.52. The summed E-state index contributed by atoms with van der Waals surface area (Å²) in [6, 6.07) is -5.89. The number of likely N-dealkylation sites (N-methyl/N-ethyl adjacent to an activating group) is 5. The molecule has 18 nitrogen and oxygen atoms in total. The lowest BCUT2D eigenvalue weighted by molar-refractivity contribution is -0.156. The third kappa shape index (κ3) is 18.0. The van der Waals surface area contributed by atoms with Crippen LogP contribution in [0.15, 0.2) is 12.2 Å². The highest BCUT2D eigenvalue weighted by Gasteiger charge is 2.44. The Kier molecular flexibility index (Phi) is 24.9. The Morgan fingerprint density at radius 2 is 1.27 bits per heavy atom. The van der Waals surface area contributed by atoms with Crippen molar-refractivity contribution in [1.82, 2.24) is 34.7 Å². The Balaban J connectivity index is 6.72. The maximum Gasteiger partial charge on any atom is 0.409 e. The van der Waals surface area contributed by atoms with E-state index >= 15 is 0 Å². The minimum Gasteiger partial charge on any atom is -0.443 e. The van der Waals surface area contributed by atoms with Crippen LogP contribution in [0.2, 0.25) is 0 Å². The molecule has 0 fully saturated rings. The zero-order valence-corrected chi connectivity index (χ0v) is 42.3. The van der Waals surface area contributed by atoms with Crippen LogP contribution in [0.5, 0.6) is 0 Å². The molecule has 0 aromatic heterocycles. The largest absolute Gasteiger partial charge is 0.443 e. The van der Waals surface area contributed by atoms with Gasteiger partial charge in [-0.2, -0.15) is 0 Å². The number of rotatable bonds is 26. The van der Waals surface area contributed by atoms with Crippen molar-refractivity contribution < 1.29 is 48.2 Å². The van der Waals surface area contributed by atoms with Gasteiger partial charge in [0.1, 0.15) is 35.8 Å². The fraction of sp³-hybridized carbons (Fsp3) is 0.783. The molecule has 8 amide bonds. The lowest BCUT2D eigenvalue weighted by atomic mass is 9.91. The van der Waals surface area contributed by atoms with Gasteiger partial charge >= 0.3 is 6.09 Å². The van der Waals surface area contributed by atoms with Crippen LogP contribution < -0.4 is 11.1 Å². The molecule has 0 saturated carbocycles. The summed E-state index contributed by atoms with van der Waals surface area (Å²) < 4.78 is 5.47. The highest BCUT2D eigenvalue weighted by atomic mass is 16.6. The van der Waals surface area contributed by atoms with Crippen molar-refractivity contribution in [3.05, 3.63) is 12.2 Å². The van der Waals surface area contributed by atoms with Crippen molar-refractivity contribution in [1.29, 1.82) is 0 Å². The van der Waals surface area contributed by atoms with Crippen molar-refractivity contribution in [2.75, 3.05) is 55.9 Å². The number of hydrogen-bond acceptors (Lipinski definition) is 10. The van der Waals surface area contributed by atoms with E-state index in [0.717, 1.165) is 14.7 Å². The van der Waals surface area contributed by atoms with Crippen LogP contribution in [-0.4, -0.2) is 180 Å². The molecule has 64 heavy (non-hydrogen) atoms. The first-order valence-electron chi connectivity index (χ1n) is 22.5. The van der Waals surface area contributed by atoms with Gasteiger partial charge in [-0.05, 0) is 70.1 Å². The first-order chi connectivity index (χ1) is 29.4. The number of hydrogen-bond donors (Lipinski definition) is 3. The van der Waals surface area contributed by atoms with Gasteiger partial charge in [-0.1, -0.05) is 67.5 Å². The number of aliphatic hydroxyl groups is 1. The summed E-state index contributed by atoms with van der Waals surface area (Å²) in [6.45, 7) is 19.3. The Morgan fingerprint density at radius 3 is 1.72 bits per heavy atom. The molecule has 0 aromatic rings. The molecule has 0 aliphatic heterocycles. The second-order valence-electron chi connectivity index (χ2n) is 19.2. The fourth-order valence-corrected chi connectivity index (χ4v) is 7.30. The van der Waals surface area contributed by atoms with E-state index in [0.29, 0.717) is 19.3 Å². The molecule has 0 aliphatic rings. The van der Waals surface area contributed by atoms with Crippen molar-refractivity contribution in [3.8, 4) is 0 Å². The normalized spacial score (nSPS) is 15.1. The summed E-state index contributed by atoms with van der Waals surface area (Å²) in [7, 11) is 10.2. The summed E-state index contributed by atoms with van der Waals surface area (Å²) in [5, 5.41) is 14.5. The van der Waals surface area contributed by atoms with Gasteiger partial charge in [-0.3, -0.25) is 33.6 Å². The lowest BCUT2D eigenvalue weighted by Crippen LogP contribution is -2.63. The lowest BCUT2D eigenvalue weighted by Gasteiger charge is -2.41. The van der Waals surface area contributed by atoms with Gasteiger partial charge in [0.25, 0.3) is 0 Å². The Morgan fingerprint density at radius 1 is 0.734 bits per heavy atom. The maximum absolute atomic E-state index is 14.7. The topological polar surface area (TPSA) is 224 Å². The molecule has 18 heteroatoms. The van der Waals surface area contributed by atoms with Crippen molar-refractivity contribution >= 4 is 47.4 Å². The van der Waals surface area contributed by atoms with Crippen molar-refractivity contribution in [2.45, 2.75) is 157 Å². The molecule has 0 spiro atoms. The second kappa shape index (κ2) is 26.9. The summed E-state index contributed by atoms with van der Waals surface area (Å²) in [5.74, 6) is -4.92. The standard InChI is InChI=1S/C46H84N8O10/c1-19-21-22-31(9)39(57)38(54(18)44(62)37(30(7)8)53(17)43(61)33(25-29(5)6)51(15)35(55)24-23-28(3)4)41(59)48-32(20-2)42(60)50(14)27-36(56)52(16)34(40(47)58)26-46(10,11)64-45(63)49(12)13/h19,21,28-34,37-39,57H,20,22-27H2,1-18H3,(H2,47,58)(H,48,59)/b21-19+/t31-,32+,33+,34+,37+,38?,39-/m1/s1. The summed E-state index contributed by atoms with van der Waals surface area (Å²) in [4.78, 5) is 116. The van der Waals surface area contributed by atoms with Gasteiger partial charge in [0.2, 0.25) is 41.4 Å². The van der Waals surface area contributed by atoms with E-state index in [2.05, 4.69) is 5.32 Å². The SMILES string of the molecule is C/C=C/C[C@@H](C)[C@@H](O)C(C(=O)N[C@@H](CC)C(=O)N(C)CC(=O)N(C)[C@@H](CC(C)(C)OC(=O)N(C)C)C(N)=O)N(C)C(=O)[C@H](C(C)C)N(C)C(=O)[C@H](CC(C)C)N(C)C(=O)CCC(C)C. The number of carbonyl (C=O) groups excluding carboxylic acids is 8. The Bertz CT molecular complexity index is 1620. The molecule has 1 unspecified atom stereocenters. The van der Waals surface area contributed by atoms with Gasteiger partial charge in [0, 0.05) is 62.2 Å². The first kappa shape index (κ1) is 59.3. The van der Waals surface area contributed by atoms with Gasteiger partial charge in [0.15, 0.2) is 0 Å². The molecule has 0 heterocycles. The summed E-state index contributed by atoms with van der Waals surface area (Å²) >= 11 is 0. The van der Waals surface area contributed by atoms with E-state index in [1.54, 1.807) is 54.7 Å². The van der Waals surface area contributed by atoms with Crippen molar-refractivity contribution in [2.24, 2.45) is 29.4 Å². The highest BCUT2D eigenvalue weighted by molar-refractivity contribution is 5.96. The zero-order valence-electron chi connectivity index (χ0n) is 42.3. The third-order valence-corrected chi connectivity index (χ3v) is 11.5. The second-order valence-corrected chi connectivity index (χ2v) is 19.2. The van der Waals surface area contributed by atoms with E-state index in [1.165, 1.54) is 57.0 Å². The number of amides is 8. The quantitative estimate of drug-likeness (QED) is 0.108. The summed E-state index contributed by atoms with van der Waals surface area (Å²) in [6.07, 6.45) is 3.12. The van der Waals surface area contributed by atoms with Crippen LogP contribution in [-0.2, 0) is 38.3 Å². The van der Waals surface area contributed by atoms with Crippen molar-refractivity contribution in [3.63, 3.8) is 0 Å². The van der Waals surface area contributed by atoms with Crippen LogP contribution >= 0.6 is 0 Å². The molecule has 0 bridgehead atoms. The number of nitrogens with zero attached hydrogens (tertiary/aromatic N) is 6. The van der Waals surface area contributed by atoms with Gasteiger partial charge < -0.3 is 50.3 Å². The van der Waals surface area contributed by atoms with Gasteiger partial charge in [-0.15, -0.1) is 0 Å². The molecule has 0 rings (SSSR count). The van der Waals surface area contributed by atoms with Crippen LogP contribution in [0.25, 0.3) is 0 Å². The number of ether oxygens (including phenoxy) is 1. The molecule has 7 atom stereocenters.